The lowest BCUT2D eigenvalue weighted by Gasteiger charge is -2.31. The number of aryl methyl sites for hydroxylation is 1. The van der Waals surface area contributed by atoms with E-state index < -0.39 is 10.0 Å². The minimum Gasteiger partial charge on any atom is -0.379 e. The Hall–Kier alpha value is -2.63. The van der Waals surface area contributed by atoms with Gasteiger partial charge in [0.25, 0.3) is 0 Å². The summed E-state index contributed by atoms with van der Waals surface area (Å²) in [5.41, 5.74) is 2.53. The number of carbonyl (C=O) groups is 1. The molecule has 1 aliphatic heterocycles. The van der Waals surface area contributed by atoms with Crippen molar-refractivity contribution in [2.24, 2.45) is 0 Å². The predicted octanol–water partition coefficient (Wildman–Crippen LogP) is 3.89. The van der Waals surface area contributed by atoms with Gasteiger partial charge < -0.3 is 9.64 Å². The Labute approximate surface area is 228 Å². The van der Waals surface area contributed by atoms with Crippen LogP contribution in [0, 0.1) is 12.7 Å². The van der Waals surface area contributed by atoms with Crippen molar-refractivity contribution in [3.8, 4) is 0 Å². The highest BCUT2D eigenvalue weighted by atomic mass is 32.2. The summed E-state index contributed by atoms with van der Waals surface area (Å²) in [5, 5.41) is 1.98. The van der Waals surface area contributed by atoms with Gasteiger partial charge >= 0.3 is 0 Å². The van der Waals surface area contributed by atoms with Crippen LogP contribution in [0.15, 0.2) is 66.0 Å². The van der Waals surface area contributed by atoms with E-state index >= 15 is 0 Å². The van der Waals surface area contributed by atoms with Crippen molar-refractivity contribution in [1.82, 2.24) is 14.1 Å². The molecular formula is C28H34FN3O4S2. The summed E-state index contributed by atoms with van der Waals surface area (Å²) in [5.74, 6) is -0.811. The maximum absolute atomic E-state index is 13.7. The van der Waals surface area contributed by atoms with E-state index in [1.807, 2.05) is 36.6 Å². The number of benzene rings is 2. The molecule has 0 atom stereocenters. The second kappa shape index (κ2) is 13.4. The van der Waals surface area contributed by atoms with Gasteiger partial charge in [-0.2, -0.15) is 4.31 Å². The van der Waals surface area contributed by atoms with Crippen LogP contribution in [0.1, 0.15) is 21.6 Å². The Morgan fingerprint density at radius 3 is 2.37 bits per heavy atom. The molecule has 1 aliphatic rings. The molecular weight excluding hydrogens is 525 g/mol. The average Bonchev–Trinajstić information content (AvgIpc) is 3.32. The fourth-order valence-corrected chi connectivity index (χ4v) is 6.69. The topological polar surface area (TPSA) is 70.2 Å². The third kappa shape index (κ3) is 8.18. The number of morpholine rings is 1. The Morgan fingerprint density at radius 1 is 1.00 bits per heavy atom. The molecule has 2 heterocycles. The number of sulfonamides is 1. The van der Waals surface area contributed by atoms with Gasteiger partial charge in [0, 0.05) is 37.6 Å². The van der Waals surface area contributed by atoms with Gasteiger partial charge in [-0.3, -0.25) is 9.69 Å². The lowest BCUT2D eigenvalue weighted by Crippen LogP contribution is -2.47. The third-order valence-corrected chi connectivity index (χ3v) is 9.41. The zero-order chi connectivity index (χ0) is 27.0. The number of rotatable bonds is 12. The summed E-state index contributed by atoms with van der Waals surface area (Å²) in [6, 6.07) is 17.1. The lowest BCUT2D eigenvalue weighted by atomic mass is 10.2. The minimum atomic E-state index is -3.77. The third-order valence-electron chi connectivity index (χ3n) is 6.61. The lowest BCUT2D eigenvalue weighted by molar-refractivity contribution is -0.132. The molecule has 3 aromatic rings. The molecule has 1 amide bonds. The highest BCUT2D eigenvalue weighted by Crippen LogP contribution is 2.21. The Kier molecular flexibility index (Phi) is 10.0. The maximum atomic E-state index is 13.7. The number of hydrogen-bond donors (Lipinski definition) is 0. The molecule has 0 radical (unpaired) electrons. The average molecular weight is 560 g/mol. The molecule has 7 nitrogen and oxygen atoms in total. The van der Waals surface area contributed by atoms with Crippen LogP contribution in [-0.4, -0.2) is 74.4 Å². The van der Waals surface area contributed by atoms with Gasteiger partial charge in [0.15, 0.2) is 0 Å². The zero-order valence-electron chi connectivity index (χ0n) is 21.6. The fourth-order valence-electron chi connectivity index (χ4n) is 4.30. The van der Waals surface area contributed by atoms with Gasteiger partial charge in [0.05, 0.1) is 32.1 Å². The zero-order valence-corrected chi connectivity index (χ0v) is 23.2. The molecule has 4 rings (SSSR count). The highest BCUT2D eigenvalue weighted by molar-refractivity contribution is 7.88. The van der Waals surface area contributed by atoms with Gasteiger partial charge in [-0.15, -0.1) is 11.3 Å². The number of amides is 1. The van der Waals surface area contributed by atoms with Gasteiger partial charge in [0.2, 0.25) is 15.9 Å². The van der Waals surface area contributed by atoms with Crippen molar-refractivity contribution in [2.75, 3.05) is 45.9 Å². The van der Waals surface area contributed by atoms with E-state index in [4.69, 9.17) is 4.74 Å². The van der Waals surface area contributed by atoms with E-state index in [1.54, 1.807) is 40.5 Å². The van der Waals surface area contributed by atoms with Crippen molar-refractivity contribution in [3.05, 3.63) is 93.4 Å². The number of halogens is 1. The van der Waals surface area contributed by atoms with Crippen molar-refractivity contribution in [1.29, 1.82) is 0 Å². The van der Waals surface area contributed by atoms with E-state index in [-0.39, 0.29) is 37.1 Å². The van der Waals surface area contributed by atoms with Crippen molar-refractivity contribution in [3.63, 3.8) is 0 Å². The summed E-state index contributed by atoms with van der Waals surface area (Å²) in [6.07, 6.45) is 0. The standard InChI is InChI=1S/C28H34FN3O4S2/c1-23-11-18-37-27(23)20-31(19-24-7-9-26(29)10-8-24)28(33)21-32(13-12-30-14-16-36-17-15-30)38(34,35)22-25-5-3-2-4-6-25/h2-11,18H,12-17,19-22H2,1H3. The first kappa shape index (κ1) is 28.4. The van der Waals surface area contributed by atoms with Crippen LogP contribution < -0.4 is 0 Å². The van der Waals surface area contributed by atoms with Crippen molar-refractivity contribution >= 4 is 27.3 Å². The van der Waals surface area contributed by atoms with Crippen LogP contribution in [0.4, 0.5) is 4.39 Å². The van der Waals surface area contributed by atoms with Crippen LogP contribution in [0.25, 0.3) is 0 Å². The number of hydrogen-bond acceptors (Lipinski definition) is 6. The summed E-state index contributed by atoms with van der Waals surface area (Å²) in [4.78, 5) is 18.6. The number of carbonyl (C=O) groups excluding carboxylic acids is 1. The quantitative estimate of drug-likeness (QED) is 0.337. The van der Waals surface area contributed by atoms with E-state index in [0.29, 0.717) is 31.9 Å². The molecule has 0 bridgehead atoms. The molecule has 38 heavy (non-hydrogen) atoms. The van der Waals surface area contributed by atoms with E-state index in [9.17, 15) is 17.6 Å². The minimum absolute atomic E-state index is 0.174. The van der Waals surface area contributed by atoms with Gasteiger partial charge in [-0.25, -0.2) is 12.8 Å². The molecule has 2 aromatic carbocycles. The SMILES string of the molecule is Cc1ccsc1CN(Cc1ccc(F)cc1)C(=O)CN(CCN1CCOCC1)S(=O)(=O)Cc1ccccc1. The predicted molar refractivity (Wildman–Crippen MR) is 148 cm³/mol. The van der Waals surface area contributed by atoms with Crippen LogP contribution >= 0.6 is 11.3 Å². The normalized spacial score (nSPS) is 14.6. The number of ether oxygens (including phenoxy) is 1. The first-order valence-corrected chi connectivity index (χ1v) is 15.2. The van der Waals surface area contributed by atoms with Gasteiger partial charge in [-0.05, 0) is 47.2 Å². The molecule has 0 unspecified atom stereocenters. The number of thiophene rings is 1. The van der Waals surface area contributed by atoms with E-state index in [1.165, 1.54) is 16.4 Å². The van der Waals surface area contributed by atoms with Crippen LogP contribution in [-0.2, 0) is 38.4 Å². The van der Waals surface area contributed by atoms with Gasteiger partial charge in [0.1, 0.15) is 5.82 Å². The second-order valence-electron chi connectivity index (χ2n) is 9.43. The second-order valence-corrected chi connectivity index (χ2v) is 12.4. The van der Waals surface area contributed by atoms with Crippen molar-refractivity contribution < 1.29 is 22.3 Å². The van der Waals surface area contributed by atoms with Crippen LogP contribution in [0.3, 0.4) is 0 Å². The van der Waals surface area contributed by atoms with Crippen LogP contribution in [0.2, 0.25) is 0 Å². The number of nitrogens with zero attached hydrogens (tertiary/aromatic N) is 3. The Bertz CT molecular complexity index is 1280. The smallest absolute Gasteiger partial charge is 0.238 e. The Balaban J connectivity index is 1.55. The summed E-state index contributed by atoms with van der Waals surface area (Å²) < 4.78 is 47.4. The van der Waals surface area contributed by atoms with E-state index in [0.717, 1.165) is 29.1 Å². The van der Waals surface area contributed by atoms with Crippen molar-refractivity contribution in [2.45, 2.75) is 25.8 Å². The first-order valence-electron chi connectivity index (χ1n) is 12.7. The van der Waals surface area contributed by atoms with Crippen LogP contribution in [0.5, 0.6) is 0 Å². The molecule has 1 aromatic heterocycles. The summed E-state index contributed by atoms with van der Waals surface area (Å²) in [7, 11) is -3.77. The fraction of sp³-hybridized carbons (Fsp3) is 0.393. The van der Waals surface area contributed by atoms with E-state index in [2.05, 4.69) is 4.90 Å². The molecule has 1 fully saturated rings. The van der Waals surface area contributed by atoms with Gasteiger partial charge in [-0.1, -0.05) is 42.5 Å². The maximum Gasteiger partial charge on any atom is 0.238 e. The molecule has 1 saturated heterocycles. The first-order chi connectivity index (χ1) is 18.3. The molecule has 10 heteroatoms. The molecule has 0 spiro atoms. The molecule has 0 N–H and O–H groups in total. The summed E-state index contributed by atoms with van der Waals surface area (Å²) >= 11 is 1.56. The molecule has 0 aliphatic carbocycles. The monoisotopic (exact) mass is 559 g/mol. The summed E-state index contributed by atoms with van der Waals surface area (Å²) in [6.45, 7) is 5.76. The largest absolute Gasteiger partial charge is 0.379 e. The molecule has 0 saturated carbocycles. The highest BCUT2D eigenvalue weighted by Gasteiger charge is 2.28. The molecule has 204 valence electrons. The Morgan fingerprint density at radius 2 is 1.71 bits per heavy atom.